The molecule has 1 aromatic carbocycles. The predicted octanol–water partition coefficient (Wildman–Crippen LogP) is -2.11. The summed E-state index contributed by atoms with van der Waals surface area (Å²) >= 11 is 0. The van der Waals surface area contributed by atoms with Gasteiger partial charge in [0.05, 0.1) is 22.3 Å². The van der Waals surface area contributed by atoms with Crippen molar-refractivity contribution in [2.45, 2.75) is 0 Å². The van der Waals surface area contributed by atoms with E-state index in [0.29, 0.717) is 12.1 Å². The quantitative estimate of drug-likeness (QED) is 0.451. The van der Waals surface area contributed by atoms with Gasteiger partial charge in [0.25, 0.3) is 0 Å². The first kappa shape index (κ1) is 30.9. The summed E-state index contributed by atoms with van der Waals surface area (Å²) in [4.78, 5) is 43.1. The van der Waals surface area contributed by atoms with Gasteiger partial charge < -0.3 is 20.4 Å². The van der Waals surface area contributed by atoms with Crippen LogP contribution in [0.2, 0.25) is 0 Å². The van der Waals surface area contributed by atoms with E-state index in [-0.39, 0.29) is 118 Å². The van der Waals surface area contributed by atoms with Gasteiger partial charge in [-0.05, 0) is 12.1 Å². The molecule has 0 bridgehead atoms. The van der Waals surface area contributed by atoms with Crippen LogP contribution in [0.5, 0.6) is 0 Å². The van der Waals surface area contributed by atoms with E-state index in [1.165, 1.54) is 0 Å². The molecule has 0 atom stereocenters. The van der Waals surface area contributed by atoms with Crippen LogP contribution in [-0.4, -0.2) is 163 Å². The first-order valence-corrected chi connectivity index (χ1v) is 4.37. The molecular weight excluding hydrogens is 340 g/mol. The van der Waals surface area contributed by atoms with Gasteiger partial charge in [0.15, 0.2) is 0 Å². The van der Waals surface area contributed by atoms with Crippen molar-refractivity contribution < 1.29 is 39.6 Å². The number of carboxylic acids is 4. The van der Waals surface area contributed by atoms with Crippen molar-refractivity contribution in [3.63, 3.8) is 0 Å². The molecule has 0 spiro atoms. The molecular formula is C10H10Na4O8. The molecule has 0 aliphatic heterocycles. The zero-order valence-corrected chi connectivity index (χ0v) is 8.58. The zero-order chi connectivity index (χ0) is 14.0. The second-order valence-electron chi connectivity index (χ2n) is 3.16. The van der Waals surface area contributed by atoms with Gasteiger partial charge in [-0.2, -0.15) is 0 Å². The van der Waals surface area contributed by atoms with E-state index in [9.17, 15) is 19.2 Å². The third-order valence-electron chi connectivity index (χ3n) is 2.08. The summed E-state index contributed by atoms with van der Waals surface area (Å²) in [5, 5.41) is 35.0. The minimum atomic E-state index is -1.66. The van der Waals surface area contributed by atoms with Crippen LogP contribution in [0.4, 0.5) is 0 Å². The Morgan fingerprint density at radius 3 is 0.727 bits per heavy atom. The van der Waals surface area contributed by atoms with Gasteiger partial charge in [0.1, 0.15) is 0 Å². The fourth-order valence-corrected chi connectivity index (χ4v) is 1.31. The van der Waals surface area contributed by atoms with Crippen LogP contribution < -0.4 is 0 Å². The molecule has 0 aliphatic carbocycles. The SMILES string of the molecule is O=C(O)c1cc(C(=O)O)c(C(=O)O)cc1C(=O)O.[NaH].[NaH].[NaH].[NaH]. The van der Waals surface area contributed by atoms with Crippen LogP contribution >= 0.6 is 0 Å². The zero-order valence-electron chi connectivity index (χ0n) is 8.58. The number of carbonyl (C=O) groups is 4. The second-order valence-corrected chi connectivity index (χ2v) is 3.16. The van der Waals surface area contributed by atoms with E-state index in [2.05, 4.69) is 0 Å². The molecule has 8 nitrogen and oxygen atoms in total. The Morgan fingerprint density at radius 1 is 0.500 bits per heavy atom. The minimum absolute atomic E-state index is 0. The van der Waals surface area contributed by atoms with Crippen molar-refractivity contribution in [1.29, 1.82) is 0 Å². The molecule has 0 fully saturated rings. The van der Waals surface area contributed by atoms with Crippen molar-refractivity contribution in [3.05, 3.63) is 34.4 Å². The molecule has 1 rings (SSSR count). The topological polar surface area (TPSA) is 149 Å². The number of hydrogen-bond acceptors (Lipinski definition) is 4. The normalized spacial score (nSPS) is 8.00. The molecule has 102 valence electrons. The Balaban J connectivity index is -0.000000405. The van der Waals surface area contributed by atoms with E-state index >= 15 is 0 Å². The summed E-state index contributed by atoms with van der Waals surface area (Å²) in [5.41, 5.74) is -3.15. The first-order chi connectivity index (χ1) is 8.25. The van der Waals surface area contributed by atoms with Gasteiger partial charge in [0, 0.05) is 0 Å². The van der Waals surface area contributed by atoms with Gasteiger partial charge in [-0.3, -0.25) is 0 Å². The van der Waals surface area contributed by atoms with Crippen LogP contribution in [0.3, 0.4) is 0 Å². The maximum atomic E-state index is 10.8. The molecule has 0 heterocycles. The third-order valence-corrected chi connectivity index (χ3v) is 2.08. The number of benzene rings is 1. The molecule has 1 aromatic rings. The Hall–Kier alpha value is 1.10. The fraction of sp³-hybridized carbons (Fsp3) is 0. The number of carboxylic acid groups (broad SMARTS) is 4. The molecule has 0 amide bonds. The monoisotopic (exact) mass is 350 g/mol. The Kier molecular flexibility index (Phi) is 18.8. The predicted molar refractivity (Wildman–Crippen MR) is 82.9 cm³/mol. The Labute approximate surface area is 212 Å². The average Bonchev–Trinajstić information content (AvgIpc) is 2.26. The van der Waals surface area contributed by atoms with E-state index in [0.717, 1.165) is 0 Å². The van der Waals surface area contributed by atoms with E-state index in [1.807, 2.05) is 0 Å². The standard InChI is InChI=1S/C10H6O8.4Na.4H/c11-7(12)3-1-4(8(13)14)6(10(17)18)2-5(3)9(15)16;;;;;;;;/h1-2H,(H,11,12)(H,13,14)(H,15,16)(H,17,18);;;;;;;;. The van der Waals surface area contributed by atoms with Crippen LogP contribution in [0.1, 0.15) is 41.4 Å². The fourth-order valence-electron chi connectivity index (χ4n) is 1.31. The van der Waals surface area contributed by atoms with Crippen molar-refractivity contribution >= 4 is 142 Å². The molecule has 0 saturated heterocycles. The Morgan fingerprint density at radius 2 is 0.636 bits per heavy atom. The molecule has 12 heteroatoms. The van der Waals surface area contributed by atoms with Crippen molar-refractivity contribution in [2.75, 3.05) is 0 Å². The van der Waals surface area contributed by atoms with Crippen molar-refractivity contribution in [2.24, 2.45) is 0 Å². The number of hydrogen-bond donors (Lipinski definition) is 4. The van der Waals surface area contributed by atoms with Crippen LogP contribution in [-0.2, 0) is 0 Å². The van der Waals surface area contributed by atoms with Gasteiger partial charge in [0.2, 0.25) is 0 Å². The van der Waals surface area contributed by atoms with Gasteiger partial charge >= 0.3 is 142 Å². The summed E-state index contributed by atoms with van der Waals surface area (Å²) in [6, 6.07) is 1.02. The first-order valence-electron chi connectivity index (χ1n) is 4.37. The van der Waals surface area contributed by atoms with Gasteiger partial charge in [-0.1, -0.05) is 0 Å². The molecule has 0 aromatic heterocycles. The van der Waals surface area contributed by atoms with E-state index in [1.54, 1.807) is 0 Å². The second kappa shape index (κ2) is 13.4. The van der Waals surface area contributed by atoms with Gasteiger partial charge in [-0.25, -0.2) is 19.2 Å². The summed E-state index contributed by atoms with van der Waals surface area (Å²) in [7, 11) is 0. The molecule has 22 heavy (non-hydrogen) atoms. The molecule has 0 saturated carbocycles. The molecule has 0 radical (unpaired) electrons. The average molecular weight is 350 g/mol. The summed E-state index contributed by atoms with van der Waals surface area (Å²) in [5.74, 6) is -6.64. The van der Waals surface area contributed by atoms with Crippen molar-refractivity contribution in [3.8, 4) is 0 Å². The molecule has 0 aliphatic rings. The Bertz CT molecular complexity index is 488. The van der Waals surface area contributed by atoms with Gasteiger partial charge in [-0.15, -0.1) is 0 Å². The van der Waals surface area contributed by atoms with Crippen LogP contribution in [0, 0.1) is 0 Å². The maximum absolute atomic E-state index is 10.8. The summed E-state index contributed by atoms with van der Waals surface area (Å²) in [6.45, 7) is 0. The molecule has 0 unspecified atom stereocenters. The van der Waals surface area contributed by atoms with Crippen LogP contribution in [0.25, 0.3) is 0 Å². The van der Waals surface area contributed by atoms with E-state index < -0.39 is 46.1 Å². The third kappa shape index (κ3) is 7.78. The van der Waals surface area contributed by atoms with E-state index in [4.69, 9.17) is 20.4 Å². The summed E-state index contributed by atoms with van der Waals surface area (Å²) in [6.07, 6.45) is 0. The van der Waals surface area contributed by atoms with Crippen LogP contribution in [0.15, 0.2) is 12.1 Å². The number of aromatic carboxylic acids is 4. The summed E-state index contributed by atoms with van der Waals surface area (Å²) < 4.78 is 0. The number of rotatable bonds is 4. The van der Waals surface area contributed by atoms with Crippen molar-refractivity contribution in [1.82, 2.24) is 0 Å². The molecule has 4 N–H and O–H groups in total.